The van der Waals surface area contributed by atoms with Gasteiger partial charge in [0, 0.05) is 23.4 Å². The van der Waals surface area contributed by atoms with Crippen molar-refractivity contribution in [3.63, 3.8) is 0 Å². The van der Waals surface area contributed by atoms with Crippen LogP contribution in [0, 0.1) is 16.7 Å². The molecule has 0 bridgehead atoms. The standard InChI is InChI=1S/C28H24Cl2N6O2S2/c1-28(2)11-19-23(20(37)12-28)22(16-9-6-10-18(29)24(16)30)17(13-31)25(32)36(19)26-34-35-27(40-26)39-14-21(38)33-15-7-4-3-5-8-15/h3-10,22H,11-12,14,32H2,1-2H3,(H,33,38). The van der Waals surface area contributed by atoms with E-state index in [2.05, 4.69) is 21.6 Å². The number of rotatable bonds is 6. The maximum atomic E-state index is 13.7. The number of aromatic nitrogens is 2. The Morgan fingerprint density at radius 3 is 2.67 bits per heavy atom. The van der Waals surface area contributed by atoms with Crippen molar-refractivity contribution in [1.29, 1.82) is 5.26 Å². The Kier molecular flexibility index (Phi) is 7.93. The Balaban J connectivity index is 1.51. The third-order valence-electron chi connectivity index (χ3n) is 6.64. The minimum Gasteiger partial charge on any atom is -0.384 e. The first-order valence-electron chi connectivity index (χ1n) is 12.3. The zero-order valence-electron chi connectivity index (χ0n) is 21.6. The summed E-state index contributed by atoms with van der Waals surface area (Å²) in [4.78, 5) is 27.8. The third-order valence-corrected chi connectivity index (χ3v) is 9.52. The Labute approximate surface area is 249 Å². The highest BCUT2D eigenvalue weighted by Crippen LogP contribution is 2.52. The van der Waals surface area contributed by atoms with Crippen LogP contribution in [-0.2, 0) is 9.59 Å². The van der Waals surface area contributed by atoms with Gasteiger partial charge in [-0.15, -0.1) is 10.2 Å². The highest BCUT2D eigenvalue weighted by atomic mass is 35.5. The number of para-hydroxylation sites is 1. The lowest BCUT2D eigenvalue weighted by Crippen LogP contribution is -2.42. The van der Waals surface area contributed by atoms with Gasteiger partial charge < -0.3 is 11.1 Å². The van der Waals surface area contributed by atoms with Crippen LogP contribution in [-0.4, -0.2) is 27.6 Å². The van der Waals surface area contributed by atoms with Crippen molar-refractivity contribution >= 4 is 68.8 Å². The Hall–Kier alpha value is -3.36. The summed E-state index contributed by atoms with van der Waals surface area (Å²) >= 11 is 15.4. The molecule has 204 valence electrons. The molecule has 3 N–H and O–H groups in total. The average molecular weight is 612 g/mol. The van der Waals surface area contributed by atoms with E-state index in [1.807, 2.05) is 44.2 Å². The van der Waals surface area contributed by atoms with Crippen LogP contribution in [0.25, 0.3) is 0 Å². The first kappa shape index (κ1) is 28.2. The normalized spacial score (nSPS) is 18.4. The first-order chi connectivity index (χ1) is 19.1. The molecule has 0 spiro atoms. The number of nitriles is 1. The monoisotopic (exact) mass is 610 g/mol. The van der Waals surface area contributed by atoms with Gasteiger partial charge in [-0.25, -0.2) is 0 Å². The predicted octanol–water partition coefficient (Wildman–Crippen LogP) is 6.52. The van der Waals surface area contributed by atoms with Crippen LogP contribution >= 0.6 is 46.3 Å². The van der Waals surface area contributed by atoms with Crippen molar-refractivity contribution in [2.24, 2.45) is 11.1 Å². The minimum absolute atomic E-state index is 0.0887. The fourth-order valence-electron chi connectivity index (χ4n) is 4.98. The fraction of sp³-hybridized carbons (Fsp3) is 0.250. The summed E-state index contributed by atoms with van der Waals surface area (Å²) in [6.45, 7) is 4.03. The number of benzene rings is 2. The second-order valence-electron chi connectivity index (χ2n) is 10.2. The summed E-state index contributed by atoms with van der Waals surface area (Å²) in [6, 6.07) is 16.6. The maximum absolute atomic E-state index is 13.7. The molecular formula is C28H24Cl2N6O2S2. The molecule has 1 aliphatic carbocycles. The van der Waals surface area contributed by atoms with Gasteiger partial charge in [0.15, 0.2) is 10.1 Å². The maximum Gasteiger partial charge on any atom is 0.234 e. The molecule has 1 aromatic heterocycles. The number of halogens is 2. The Bertz CT molecular complexity index is 1610. The van der Waals surface area contributed by atoms with Crippen molar-refractivity contribution in [3.8, 4) is 6.07 Å². The lowest BCUT2D eigenvalue weighted by atomic mass is 9.68. The van der Waals surface area contributed by atoms with Crippen molar-refractivity contribution in [2.45, 2.75) is 36.9 Å². The number of carbonyl (C=O) groups excluding carboxylic acids is 2. The SMILES string of the molecule is CC1(C)CC(=O)C2=C(C1)N(c1nnc(SCC(=O)Nc3ccccc3)s1)C(N)=C(C#N)C2c1cccc(Cl)c1Cl. The molecule has 1 atom stereocenters. The molecule has 3 aromatic rings. The molecule has 0 fully saturated rings. The average Bonchev–Trinajstić information content (AvgIpc) is 3.37. The van der Waals surface area contributed by atoms with Crippen LogP contribution in [0.15, 0.2) is 75.5 Å². The second-order valence-corrected chi connectivity index (χ2v) is 13.1. The summed E-state index contributed by atoms with van der Waals surface area (Å²) in [7, 11) is 0. The molecule has 0 radical (unpaired) electrons. The van der Waals surface area contributed by atoms with E-state index in [1.54, 1.807) is 23.1 Å². The van der Waals surface area contributed by atoms with Gasteiger partial charge in [-0.2, -0.15) is 5.26 Å². The lowest BCUT2D eigenvalue weighted by Gasteiger charge is -2.42. The van der Waals surface area contributed by atoms with Crippen molar-refractivity contribution in [2.75, 3.05) is 16.0 Å². The quantitative estimate of drug-likeness (QED) is 0.302. The molecule has 0 saturated heterocycles. The number of hydrogen-bond donors (Lipinski definition) is 2. The molecule has 5 rings (SSSR count). The molecule has 2 aromatic carbocycles. The fourth-order valence-corrected chi connectivity index (χ4v) is 7.08. The van der Waals surface area contributed by atoms with Crippen LogP contribution in [0.5, 0.6) is 0 Å². The van der Waals surface area contributed by atoms with E-state index in [-0.39, 0.29) is 39.3 Å². The summed E-state index contributed by atoms with van der Waals surface area (Å²) < 4.78 is 0.549. The van der Waals surface area contributed by atoms with E-state index < -0.39 is 5.92 Å². The Morgan fingerprint density at radius 1 is 1.20 bits per heavy atom. The molecule has 12 heteroatoms. The molecule has 1 unspecified atom stereocenters. The number of carbonyl (C=O) groups is 2. The molecule has 2 heterocycles. The van der Waals surface area contributed by atoms with Gasteiger partial charge in [-0.3, -0.25) is 14.5 Å². The van der Waals surface area contributed by atoms with Gasteiger partial charge in [-0.1, -0.05) is 90.5 Å². The van der Waals surface area contributed by atoms with Crippen LogP contribution in [0.1, 0.15) is 38.2 Å². The minimum atomic E-state index is -0.755. The summed E-state index contributed by atoms with van der Waals surface area (Å²) in [5, 5.41) is 22.7. The predicted molar refractivity (Wildman–Crippen MR) is 159 cm³/mol. The number of nitrogens with one attached hydrogen (secondary N) is 1. The van der Waals surface area contributed by atoms with Gasteiger partial charge in [0.05, 0.1) is 33.4 Å². The number of allylic oxidation sites excluding steroid dienone is 3. The topological polar surface area (TPSA) is 125 Å². The van der Waals surface area contributed by atoms with E-state index in [1.165, 1.54) is 23.1 Å². The van der Waals surface area contributed by atoms with Gasteiger partial charge in [0.1, 0.15) is 5.82 Å². The van der Waals surface area contributed by atoms with E-state index in [0.717, 1.165) is 0 Å². The molecule has 2 aliphatic rings. The van der Waals surface area contributed by atoms with Crippen LogP contribution < -0.4 is 16.0 Å². The number of nitrogens with zero attached hydrogens (tertiary/aromatic N) is 4. The van der Waals surface area contributed by atoms with Gasteiger partial charge in [-0.05, 0) is 35.6 Å². The van der Waals surface area contributed by atoms with Gasteiger partial charge >= 0.3 is 0 Å². The summed E-state index contributed by atoms with van der Waals surface area (Å²) in [5.74, 6) is -0.735. The number of amides is 1. The van der Waals surface area contributed by atoms with E-state index >= 15 is 0 Å². The molecule has 1 amide bonds. The number of Topliss-reactive ketones (excluding diaryl/α,β-unsaturated/α-hetero) is 1. The van der Waals surface area contributed by atoms with Crippen molar-refractivity contribution < 1.29 is 9.59 Å². The van der Waals surface area contributed by atoms with Crippen molar-refractivity contribution in [3.05, 3.63) is 86.8 Å². The summed E-state index contributed by atoms with van der Waals surface area (Å²) in [6.07, 6.45) is 0.824. The molecular weight excluding hydrogens is 587 g/mol. The number of nitrogens with two attached hydrogens (primary N) is 1. The highest BCUT2D eigenvalue weighted by molar-refractivity contribution is 8.01. The largest absolute Gasteiger partial charge is 0.384 e. The molecule has 0 saturated carbocycles. The zero-order chi connectivity index (χ0) is 28.6. The smallest absolute Gasteiger partial charge is 0.234 e. The first-order valence-corrected chi connectivity index (χ1v) is 14.9. The van der Waals surface area contributed by atoms with Gasteiger partial charge in [0.2, 0.25) is 11.0 Å². The van der Waals surface area contributed by atoms with Gasteiger partial charge in [0.25, 0.3) is 0 Å². The number of anilines is 2. The summed E-state index contributed by atoms with van der Waals surface area (Å²) in [5.41, 5.74) is 8.88. The molecule has 1 aliphatic heterocycles. The van der Waals surface area contributed by atoms with E-state index in [0.29, 0.717) is 49.9 Å². The molecule has 40 heavy (non-hydrogen) atoms. The Morgan fingerprint density at radius 2 is 1.95 bits per heavy atom. The number of ketones is 1. The highest BCUT2D eigenvalue weighted by Gasteiger charge is 2.46. The van der Waals surface area contributed by atoms with Crippen LogP contribution in [0.2, 0.25) is 10.0 Å². The van der Waals surface area contributed by atoms with E-state index in [9.17, 15) is 14.9 Å². The lowest BCUT2D eigenvalue weighted by molar-refractivity contribution is -0.118. The van der Waals surface area contributed by atoms with Crippen LogP contribution in [0.4, 0.5) is 10.8 Å². The third kappa shape index (κ3) is 5.47. The number of hydrogen-bond acceptors (Lipinski definition) is 9. The molecule has 8 nitrogen and oxygen atoms in total. The number of thioether (sulfide) groups is 1. The second kappa shape index (κ2) is 11.3. The van der Waals surface area contributed by atoms with Crippen molar-refractivity contribution in [1.82, 2.24) is 10.2 Å². The van der Waals surface area contributed by atoms with Crippen LogP contribution in [0.3, 0.4) is 0 Å². The van der Waals surface area contributed by atoms with E-state index in [4.69, 9.17) is 28.9 Å². The zero-order valence-corrected chi connectivity index (χ0v) is 24.7.